The Morgan fingerprint density at radius 3 is 2.59 bits per heavy atom. The van der Waals surface area contributed by atoms with Gasteiger partial charge in [-0.05, 0) is 48.7 Å². The van der Waals surface area contributed by atoms with E-state index in [0.717, 1.165) is 16.9 Å². The van der Waals surface area contributed by atoms with Gasteiger partial charge in [-0.1, -0.05) is 24.3 Å². The van der Waals surface area contributed by atoms with Crippen molar-refractivity contribution in [1.82, 2.24) is 0 Å². The highest BCUT2D eigenvalue weighted by atomic mass is 16.5. The van der Waals surface area contributed by atoms with Crippen molar-refractivity contribution in [2.45, 2.75) is 26.2 Å². The molecule has 0 saturated heterocycles. The van der Waals surface area contributed by atoms with Gasteiger partial charge in [0.15, 0.2) is 0 Å². The van der Waals surface area contributed by atoms with E-state index in [1.54, 1.807) is 12.1 Å². The standard InChI is InChI=1S/C19H18N2O/c1-14-5-3-8-19(15(14)2)22-10-9-18(13-21)17-7-4-6-16(11-17)12-20/h3-8,11,18H,9-10H2,1-2H3. The molecule has 0 fully saturated rings. The van der Waals surface area contributed by atoms with Crippen LogP contribution < -0.4 is 4.74 Å². The highest BCUT2D eigenvalue weighted by Gasteiger charge is 2.12. The third-order valence-electron chi connectivity index (χ3n) is 3.79. The van der Waals surface area contributed by atoms with E-state index < -0.39 is 0 Å². The van der Waals surface area contributed by atoms with Crippen molar-refractivity contribution in [1.29, 1.82) is 10.5 Å². The fraction of sp³-hybridized carbons (Fsp3) is 0.263. The molecule has 0 heterocycles. The molecule has 0 amide bonds. The van der Waals surface area contributed by atoms with Crippen LogP contribution in [-0.4, -0.2) is 6.61 Å². The van der Waals surface area contributed by atoms with Gasteiger partial charge >= 0.3 is 0 Å². The first-order valence-electron chi connectivity index (χ1n) is 7.24. The Kier molecular flexibility index (Phi) is 5.17. The van der Waals surface area contributed by atoms with E-state index in [9.17, 15) is 5.26 Å². The molecule has 3 nitrogen and oxygen atoms in total. The van der Waals surface area contributed by atoms with Crippen LogP contribution in [0.2, 0.25) is 0 Å². The van der Waals surface area contributed by atoms with Gasteiger partial charge in [0.2, 0.25) is 0 Å². The molecule has 0 aliphatic heterocycles. The van der Waals surface area contributed by atoms with Gasteiger partial charge < -0.3 is 4.74 Å². The van der Waals surface area contributed by atoms with E-state index in [1.165, 1.54) is 5.56 Å². The molecule has 0 saturated carbocycles. The molecule has 2 rings (SSSR count). The summed E-state index contributed by atoms with van der Waals surface area (Å²) in [4.78, 5) is 0. The predicted octanol–water partition coefficient (Wildman–Crippen LogP) is 4.25. The van der Waals surface area contributed by atoms with Crippen molar-refractivity contribution >= 4 is 0 Å². The fourth-order valence-electron chi connectivity index (χ4n) is 2.30. The highest BCUT2D eigenvalue weighted by molar-refractivity contribution is 5.38. The molecule has 22 heavy (non-hydrogen) atoms. The molecule has 0 aromatic heterocycles. The van der Waals surface area contributed by atoms with Crippen molar-refractivity contribution in [2.75, 3.05) is 6.61 Å². The Bertz CT molecular complexity index is 738. The van der Waals surface area contributed by atoms with Gasteiger partial charge in [-0.15, -0.1) is 0 Å². The topological polar surface area (TPSA) is 56.8 Å². The van der Waals surface area contributed by atoms with Crippen LogP contribution in [0.4, 0.5) is 0 Å². The Hall–Kier alpha value is -2.78. The summed E-state index contributed by atoms with van der Waals surface area (Å²) >= 11 is 0. The normalized spacial score (nSPS) is 11.3. The van der Waals surface area contributed by atoms with Crippen LogP contribution in [0.15, 0.2) is 42.5 Å². The second-order valence-corrected chi connectivity index (χ2v) is 5.25. The lowest BCUT2D eigenvalue weighted by Gasteiger charge is -2.13. The summed E-state index contributed by atoms with van der Waals surface area (Å²) in [5.74, 6) is 0.598. The van der Waals surface area contributed by atoms with E-state index in [4.69, 9.17) is 10.00 Å². The monoisotopic (exact) mass is 290 g/mol. The lowest BCUT2D eigenvalue weighted by atomic mass is 9.96. The minimum Gasteiger partial charge on any atom is -0.493 e. The largest absolute Gasteiger partial charge is 0.493 e. The maximum absolute atomic E-state index is 9.35. The van der Waals surface area contributed by atoms with Gasteiger partial charge in [0.05, 0.1) is 30.2 Å². The Labute approximate surface area is 131 Å². The van der Waals surface area contributed by atoms with Crippen molar-refractivity contribution < 1.29 is 4.74 Å². The summed E-state index contributed by atoms with van der Waals surface area (Å²) in [6.07, 6.45) is 0.596. The summed E-state index contributed by atoms with van der Waals surface area (Å²) in [5.41, 5.74) is 3.76. The van der Waals surface area contributed by atoms with Gasteiger partial charge in [-0.2, -0.15) is 10.5 Å². The van der Waals surface area contributed by atoms with E-state index in [0.29, 0.717) is 18.6 Å². The predicted molar refractivity (Wildman–Crippen MR) is 85.5 cm³/mol. The van der Waals surface area contributed by atoms with Crippen LogP contribution >= 0.6 is 0 Å². The lowest BCUT2D eigenvalue weighted by Crippen LogP contribution is -2.05. The Morgan fingerprint density at radius 1 is 1.09 bits per heavy atom. The molecule has 3 heteroatoms. The number of benzene rings is 2. The van der Waals surface area contributed by atoms with Crippen molar-refractivity contribution in [3.63, 3.8) is 0 Å². The zero-order chi connectivity index (χ0) is 15.9. The Balaban J connectivity index is 2.01. The van der Waals surface area contributed by atoms with Gasteiger partial charge in [0, 0.05) is 6.42 Å². The number of nitriles is 2. The average molecular weight is 290 g/mol. The first kappa shape index (κ1) is 15.6. The molecule has 0 aliphatic carbocycles. The van der Waals surface area contributed by atoms with E-state index in [-0.39, 0.29) is 5.92 Å². The molecule has 0 aliphatic rings. The molecule has 0 bridgehead atoms. The number of aryl methyl sites for hydroxylation is 1. The van der Waals surface area contributed by atoms with Crippen molar-refractivity contribution in [2.24, 2.45) is 0 Å². The zero-order valence-electron chi connectivity index (χ0n) is 12.8. The number of hydrogen-bond donors (Lipinski definition) is 0. The summed E-state index contributed by atoms with van der Waals surface area (Å²) < 4.78 is 5.81. The van der Waals surface area contributed by atoms with E-state index in [1.807, 2.05) is 44.2 Å². The smallest absolute Gasteiger partial charge is 0.122 e. The Morgan fingerprint density at radius 2 is 1.86 bits per heavy atom. The molecule has 2 aromatic rings. The molecular weight excluding hydrogens is 272 g/mol. The second-order valence-electron chi connectivity index (χ2n) is 5.25. The van der Waals surface area contributed by atoms with Gasteiger partial charge in [-0.3, -0.25) is 0 Å². The third kappa shape index (κ3) is 3.65. The van der Waals surface area contributed by atoms with E-state index in [2.05, 4.69) is 12.1 Å². The summed E-state index contributed by atoms with van der Waals surface area (Å²) in [6, 6.07) is 17.6. The number of rotatable bonds is 5. The van der Waals surface area contributed by atoms with Crippen LogP contribution in [0.3, 0.4) is 0 Å². The minimum atomic E-state index is -0.265. The molecule has 2 aromatic carbocycles. The number of hydrogen-bond acceptors (Lipinski definition) is 3. The van der Waals surface area contributed by atoms with Gasteiger partial charge in [-0.25, -0.2) is 0 Å². The average Bonchev–Trinajstić information content (AvgIpc) is 2.55. The quantitative estimate of drug-likeness (QED) is 0.827. The number of nitrogens with zero attached hydrogens (tertiary/aromatic N) is 2. The molecule has 110 valence electrons. The molecule has 1 atom stereocenters. The zero-order valence-corrected chi connectivity index (χ0v) is 12.8. The third-order valence-corrected chi connectivity index (χ3v) is 3.79. The molecule has 0 radical (unpaired) electrons. The van der Waals surface area contributed by atoms with Crippen molar-refractivity contribution in [3.8, 4) is 17.9 Å². The SMILES string of the molecule is Cc1cccc(OCCC(C#N)c2cccc(C#N)c2)c1C. The van der Waals surface area contributed by atoms with Crippen LogP contribution in [-0.2, 0) is 0 Å². The minimum absolute atomic E-state index is 0.265. The van der Waals surface area contributed by atoms with Gasteiger partial charge in [0.25, 0.3) is 0 Å². The first-order chi connectivity index (χ1) is 10.7. The van der Waals surface area contributed by atoms with Crippen LogP contribution in [0.1, 0.15) is 34.6 Å². The molecule has 0 spiro atoms. The fourth-order valence-corrected chi connectivity index (χ4v) is 2.30. The maximum atomic E-state index is 9.35. The lowest BCUT2D eigenvalue weighted by molar-refractivity contribution is 0.304. The molecular formula is C19H18N2O. The first-order valence-corrected chi connectivity index (χ1v) is 7.24. The van der Waals surface area contributed by atoms with Crippen LogP contribution in [0, 0.1) is 36.5 Å². The number of ether oxygens (including phenoxy) is 1. The van der Waals surface area contributed by atoms with Crippen LogP contribution in [0.25, 0.3) is 0 Å². The summed E-state index contributed by atoms with van der Waals surface area (Å²) in [5, 5.41) is 18.3. The highest BCUT2D eigenvalue weighted by Crippen LogP contribution is 2.23. The molecule has 0 N–H and O–H groups in total. The second kappa shape index (κ2) is 7.29. The maximum Gasteiger partial charge on any atom is 0.122 e. The van der Waals surface area contributed by atoms with Gasteiger partial charge in [0.1, 0.15) is 5.75 Å². The summed E-state index contributed by atoms with van der Waals surface area (Å²) in [6.45, 7) is 4.55. The summed E-state index contributed by atoms with van der Waals surface area (Å²) in [7, 11) is 0. The van der Waals surface area contributed by atoms with E-state index >= 15 is 0 Å². The van der Waals surface area contributed by atoms with Crippen molar-refractivity contribution in [3.05, 3.63) is 64.7 Å². The van der Waals surface area contributed by atoms with Crippen LogP contribution in [0.5, 0.6) is 5.75 Å². The molecule has 1 unspecified atom stereocenters.